The number of nitrogens with one attached hydrogen (secondary N) is 2. The van der Waals surface area contributed by atoms with E-state index >= 15 is 0 Å². The van der Waals surface area contributed by atoms with Crippen molar-refractivity contribution in [1.82, 2.24) is 10.3 Å². The zero-order chi connectivity index (χ0) is 17.4. The number of hydrogen-bond acceptors (Lipinski definition) is 5. The van der Waals surface area contributed by atoms with Crippen LogP contribution >= 0.6 is 12.2 Å². The lowest BCUT2D eigenvalue weighted by Gasteiger charge is -2.14. The third kappa shape index (κ3) is 4.33. The lowest BCUT2D eigenvalue weighted by Crippen LogP contribution is -2.31. The van der Waals surface area contributed by atoms with Crippen LogP contribution in [0.15, 0.2) is 36.5 Å². The Morgan fingerprint density at radius 1 is 1.21 bits per heavy atom. The van der Waals surface area contributed by atoms with Crippen LogP contribution in [0.4, 0.5) is 5.82 Å². The van der Waals surface area contributed by atoms with E-state index in [1.165, 1.54) is 0 Å². The van der Waals surface area contributed by atoms with Crippen LogP contribution in [0.3, 0.4) is 0 Å². The maximum Gasteiger partial charge on any atom is 0.171 e. The second kappa shape index (κ2) is 8.70. The molecule has 0 saturated carbocycles. The summed E-state index contributed by atoms with van der Waals surface area (Å²) in [7, 11) is 3.25. The van der Waals surface area contributed by atoms with Crippen molar-refractivity contribution in [2.24, 2.45) is 0 Å². The van der Waals surface area contributed by atoms with Gasteiger partial charge in [-0.1, -0.05) is 6.07 Å². The summed E-state index contributed by atoms with van der Waals surface area (Å²) in [5.41, 5.74) is 1.40. The molecule has 2 aromatic rings. The molecule has 0 fully saturated rings. The first kappa shape index (κ1) is 17.5. The van der Waals surface area contributed by atoms with E-state index in [-0.39, 0.29) is 0 Å². The lowest BCUT2D eigenvalue weighted by atomic mass is 10.1. The van der Waals surface area contributed by atoms with Crippen LogP contribution in [0.1, 0.15) is 11.1 Å². The molecule has 0 bridgehead atoms. The molecule has 24 heavy (non-hydrogen) atoms. The van der Waals surface area contributed by atoms with Crippen molar-refractivity contribution in [1.29, 1.82) is 5.26 Å². The largest absolute Gasteiger partial charge is 0.496 e. The molecule has 0 aliphatic carbocycles. The molecule has 0 amide bonds. The van der Waals surface area contributed by atoms with Crippen LogP contribution in [0.25, 0.3) is 0 Å². The van der Waals surface area contributed by atoms with Gasteiger partial charge >= 0.3 is 0 Å². The normalized spacial score (nSPS) is 9.71. The van der Waals surface area contributed by atoms with Gasteiger partial charge in [-0.15, -0.1) is 0 Å². The Labute approximate surface area is 146 Å². The Bertz CT molecular complexity index is 736. The highest BCUT2D eigenvalue weighted by Gasteiger charge is 2.10. The fourth-order valence-electron chi connectivity index (χ4n) is 2.22. The van der Waals surface area contributed by atoms with Crippen LogP contribution in [0.2, 0.25) is 0 Å². The third-order valence-corrected chi connectivity index (χ3v) is 3.60. The summed E-state index contributed by atoms with van der Waals surface area (Å²) < 4.78 is 10.7. The number of pyridine rings is 1. The molecule has 1 heterocycles. The molecule has 2 N–H and O–H groups in total. The minimum Gasteiger partial charge on any atom is -0.496 e. The molecule has 0 radical (unpaired) electrons. The molecule has 124 valence electrons. The molecule has 0 saturated heterocycles. The molecule has 0 aliphatic heterocycles. The summed E-state index contributed by atoms with van der Waals surface area (Å²) in [5.74, 6) is 1.98. The summed E-state index contributed by atoms with van der Waals surface area (Å²) in [6, 6.07) is 11.1. The van der Waals surface area contributed by atoms with Gasteiger partial charge in [0.1, 0.15) is 23.4 Å². The van der Waals surface area contributed by atoms with Gasteiger partial charge in [0, 0.05) is 18.3 Å². The fraction of sp³-hybridized carbons (Fsp3) is 0.235. The van der Waals surface area contributed by atoms with Gasteiger partial charge in [0.05, 0.1) is 19.8 Å². The fourth-order valence-corrected chi connectivity index (χ4v) is 2.42. The van der Waals surface area contributed by atoms with Crippen LogP contribution in [-0.4, -0.2) is 30.9 Å². The quantitative estimate of drug-likeness (QED) is 0.781. The lowest BCUT2D eigenvalue weighted by molar-refractivity contribution is 0.385. The van der Waals surface area contributed by atoms with Crippen molar-refractivity contribution in [2.75, 3.05) is 26.1 Å². The zero-order valence-corrected chi connectivity index (χ0v) is 14.3. The van der Waals surface area contributed by atoms with Crippen molar-refractivity contribution in [3.05, 3.63) is 47.7 Å². The van der Waals surface area contributed by atoms with Crippen LogP contribution in [-0.2, 0) is 6.42 Å². The predicted molar refractivity (Wildman–Crippen MR) is 96.4 cm³/mol. The molecule has 0 atom stereocenters. The van der Waals surface area contributed by atoms with Crippen molar-refractivity contribution >= 4 is 23.1 Å². The molecule has 6 nitrogen and oxygen atoms in total. The Hall–Kier alpha value is -2.85. The molecular formula is C17H18N4O2S. The van der Waals surface area contributed by atoms with E-state index in [1.807, 2.05) is 18.2 Å². The van der Waals surface area contributed by atoms with Crippen molar-refractivity contribution < 1.29 is 9.47 Å². The predicted octanol–water partition coefficient (Wildman–Crippen LogP) is 2.50. The highest BCUT2D eigenvalue weighted by atomic mass is 32.1. The summed E-state index contributed by atoms with van der Waals surface area (Å²) in [6.45, 7) is 0.581. The number of anilines is 1. The van der Waals surface area contributed by atoms with Gasteiger partial charge in [0.25, 0.3) is 0 Å². The molecule has 1 aromatic carbocycles. The first-order valence-corrected chi connectivity index (χ1v) is 7.70. The summed E-state index contributed by atoms with van der Waals surface area (Å²) in [6.07, 6.45) is 2.27. The molecular weight excluding hydrogens is 324 g/mol. The minimum absolute atomic E-state index is 0.402. The third-order valence-electron chi connectivity index (χ3n) is 3.35. The highest BCUT2D eigenvalue weighted by molar-refractivity contribution is 7.80. The van der Waals surface area contributed by atoms with E-state index < -0.39 is 0 Å². The summed E-state index contributed by atoms with van der Waals surface area (Å²) in [4.78, 5) is 4.11. The Balaban J connectivity index is 1.95. The van der Waals surface area contributed by atoms with E-state index in [0.717, 1.165) is 17.1 Å². The monoisotopic (exact) mass is 342 g/mol. The number of rotatable bonds is 6. The standard InChI is InChI=1S/C17H18N4O2S/c1-22-14-6-3-7-15(23-2)13(14)8-10-20-17(24)21-16-12(11-18)5-4-9-19-16/h3-7,9H,8,10H2,1-2H3,(H2,19,20,21,24). The molecule has 7 heteroatoms. The molecule has 2 rings (SSSR count). The van der Waals surface area contributed by atoms with Gasteiger partial charge in [0.15, 0.2) is 5.11 Å². The van der Waals surface area contributed by atoms with Crippen LogP contribution in [0, 0.1) is 11.3 Å². The number of aromatic nitrogens is 1. The number of methoxy groups -OCH3 is 2. The summed E-state index contributed by atoms with van der Waals surface area (Å²) >= 11 is 5.25. The van der Waals surface area contributed by atoms with Crippen molar-refractivity contribution in [2.45, 2.75) is 6.42 Å². The number of benzene rings is 1. The first-order chi connectivity index (χ1) is 11.7. The van der Waals surface area contributed by atoms with E-state index in [4.69, 9.17) is 27.0 Å². The average Bonchev–Trinajstić information content (AvgIpc) is 2.62. The van der Waals surface area contributed by atoms with Crippen molar-refractivity contribution in [3.63, 3.8) is 0 Å². The number of nitrogens with zero attached hydrogens (tertiary/aromatic N) is 2. The smallest absolute Gasteiger partial charge is 0.171 e. The van der Waals surface area contributed by atoms with Gasteiger partial charge in [0.2, 0.25) is 0 Å². The second-order valence-corrected chi connectivity index (χ2v) is 5.19. The van der Waals surface area contributed by atoms with Gasteiger partial charge < -0.3 is 20.1 Å². The zero-order valence-electron chi connectivity index (χ0n) is 13.5. The highest BCUT2D eigenvalue weighted by Crippen LogP contribution is 2.28. The topological polar surface area (TPSA) is 79.2 Å². The molecule has 0 spiro atoms. The molecule has 0 unspecified atom stereocenters. The van der Waals surface area contributed by atoms with Crippen molar-refractivity contribution in [3.8, 4) is 17.6 Å². The Kier molecular flexibility index (Phi) is 6.34. The van der Waals surface area contributed by atoms with Crippen LogP contribution in [0.5, 0.6) is 11.5 Å². The molecule has 1 aromatic heterocycles. The maximum atomic E-state index is 9.05. The maximum absolute atomic E-state index is 9.05. The van der Waals surface area contributed by atoms with Gasteiger partial charge in [-0.05, 0) is 42.9 Å². The second-order valence-electron chi connectivity index (χ2n) is 4.78. The van der Waals surface area contributed by atoms with Gasteiger partial charge in [-0.2, -0.15) is 5.26 Å². The van der Waals surface area contributed by atoms with E-state index in [1.54, 1.807) is 32.5 Å². The summed E-state index contributed by atoms with van der Waals surface area (Å²) in [5, 5.41) is 15.5. The minimum atomic E-state index is 0.402. The number of nitriles is 1. The van der Waals surface area contributed by atoms with E-state index in [0.29, 0.717) is 29.5 Å². The van der Waals surface area contributed by atoms with E-state index in [9.17, 15) is 0 Å². The van der Waals surface area contributed by atoms with Gasteiger partial charge in [-0.25, -0.2) is 4.98 Å². The number of ether oxygens (including phenoxy) is 2. The first-order valence-electron chi connectivity index (χ1n) is 7.29. The average molecular weight is 342 g/mol. The van der Waals surface area contributed by atoms with Gasteiger partial charge in [-0.3, -0.25) is 0 Å². The Morgan fingerprint density at radius 3 is 2.54 bits per heavy atom. The van der Waals surface area contributed by atoms with Crippen LogP contribution < -0.4 is 20.1 Å². The molecule has 0 aliphatic rings. The SMILES string of the molecule is COc1cccc(OC)c1CCNC(=S)Nc1ncccc1C#N. The Morgan fingerprint density at radius 2 is 1.92 bits per heavy atom. The number of hydrogen-bond donors (Lipinski definition) is 2. The number of thiocarbonyl (C=S) groups is 1. The van der Waals surface area contributed by atoms with E-state index in [2.05, 4.69) is 21.7 Å².